The lowest BCUT2D eigenvalue weighted by atomic mass is 9.89. The molecular weight excluding hydrogens is 640 g/mol. The highest BCUT2D eigenvalue weighted by Gasteiger charge is 2.46. The summed E-state index contributed by atoms with van der Waals surface area (Å²) in [5, 5.41) is 10.2. The first-order chi connectivity index (χ1) is 23.3. The maximum absolute atomic E-state index is 16.3. The molecule has 3 aromatic heterocycles. The second-order valence-corrected chi connectivity index (χ2v) is 12.5. The average molecular weight is 679 g/mol. The van der Waals surface area contributed by atoms with Crippen molar-refractivity contribution in [2.75, 3.05) is 33.5 Å². The molecule has 4 aromatic rings. The van der Waals surface area contributed by atoms with Gasteiger partial charge in [-0.05, 0) is 51.0 Å². The minimum absolute atomic E-state index is 0.00950. The van der Waals surface area contributed by atoms with Crippen molar-refractivity contribution in [3.05, 3.63) is 83.2 Å². The van der Waals surface area contributed by atoms with Gasteiger partial charge in [0.2, 0.25) is 5.91 Å². The van der Waals surface area contributed by atoms with E-state index in [9.17, 15) is 9.18 Å². The molecule has 13 heteroatoms. The summed E-state index contributed by atoms with van der Waals surface area (Å²) in [6.07, 6.45) is 3.20. The summed E-state index contributed by atoms with van der Waals surface area (Å²) in [5.74, 6) is -5.56. The lowest BCUT2D eigenvalue weighted by molar-refractivity contribution is -0.129. The Morgan fingerprint density at radius 2 is 1.92 bits per heavy atom. The van der Waals surface area contributed by atoms with Crippen LogP contribution in [0, 0.1) is 0 Å². The van der Waals surface area contributed by atoms with Gasteiger partial charge in [0, 0.05) is 67.0 Å². The largest absolute Gasteiger partial charge is 0.382 e. The Kier molecular flexibility index (Phi) is 9.34. The van der Waals surface area contributed by atoms with Crippen molar-refractivity contribution >= 4 is 22.4 Å². The van der Waals surface area contributed by atoms with Gasteiger partial charge in [-0.15, -0.1) is 0 Å². The Labute approximate surface area is 281 Å². The molecule has 1 aromatic carbocycles. The van der Waals surface area contributed by atoms with Crippen LogP contribution in [-0.4, -0.2) is 68.8 Å². The standard InChI is InChI=1S/C36H38F4N6O3/c1-7-31(47)45-17-21(3)46-30(22(45)4)16-29(43-46)35-32(26(19-49-13-12-48-6)27(38)14-20(2)37)33-25(10-11-36(33,39)40)34(41-35)23-8-9-24-18-44(5)42-28(24)15-23/h7-9,14-16,18,21-22H,1,10-13,17,19H2,2-6H3/b20-14+,27-26?/t21-,22+/m0/s1. The molecule has 0 saturated carbocycles. The number of hydrogen-bond donors (Lipinski definition) is 0. The highest BCUT2D eigenvalue weighted by Crippen LogP contribution is 2.51. The van der Waals surface area contributed by atoms with E-state index < -0.39 is 42.2 Å². The summed E-state index contributed by atoms with van der Waals surface area (Å²) < 4.78 is 77.1. The first kappa shape index (κ1) is 34.3. The van der Waals surface area contributed by atoms with Crippen molar-refractivity contribution in [1.82, 2.24) is 29.4 Å². The summed E-state index contributed by atoms with van der Waals surface area (Å²) in [6.45, 7) is 8.51. The molecule has 9 nitrogen and oxygen atoms in total. The molecule has 2 aliphatic rings. The Hall–Kier alpha value is -4.62. The fourth-order valence-electron chi connectivity index (χ4n) is 6.79. The van der Waals surface area contributed by atoms with E-state index in [-0.39, 0.29) is 59.7 Å². The number of amides is 1. The maximum Gasteiger partial charge on any atom is 0.274 e. The zero-order valence-electron chi connectivity index (χ0n) is 28.1. The van der Waals surface area contributed by atoms with E-state index in [1.807, 2.05) is 26.1 Å². The van der Waals surface area contributed by atoms with Gasteiger partial charge in [-0.3, -0.25) is 14.2 Å². The van der Waals surface area contributed by atoms with Gasteiger partial charge in [-0.1, -0.05) is 18.7 Å². The van der Waals surface area contributed by atoms with Crippen LogP contribution in [-0.2, 0) is 33.7 Å². The summed E-state index contributed by atoms with van der Waals surface area (Å²) in [4.78, 5) is 19.4. The lowest BCUT2D eigenvalue weighted by Crippen LogP contribution is -2.42. The molecular formula is C36H38F4N6O3. The Bertz CT molecular complexity index is 2010. The minimum Gasteiger partial charge on any atom is -0.382 e. The molecule has 6 rings (SSSR count). The van der Waals surface area contributed by atoms with Gasteiger partial charge in [0.25, 0.3) is 5.92 Å². The quantitative estimate of drug-likeness (QED) is 0.0752. The SMILES string of the molecule is C=CC(=O)N1C[C@H](C)n2nc(-c3nc(-c4ccc5cn(C)nc5c4)c4c(c3C(COCCOC)=C(F)/C=C(\C)F)C(F)(F)CC4)cc2[C@H]1C. The van der Waals surface area contributed by atoms with Gasteiger partial charge >= 0.3 is 0 Å². The Morgan fingerprint density at radius 1 is 1.14 bits per heavy atom. The smallest absolute Gasteiger partial charge is 0.274 e. The second-order valence-electron chi connectivity index (χ2n) is 12.5. The highest BCUT2D eigenvalue weighted by molar-refractivity contribution is 5.90. The van der Waals surface area contributed by atoms with Crippen molar-refractivity contribution in [2.24, 2.45) is 7.05 Å². The number of benzene rings is 1. The van der Waals surface area contributed by atoms with E-state index in [1.54, 1.807) is 39.5 Å². The average Bonchev–Trinajstić information content (AvgIpc) is 3.76. The van der Waals surface area contributed by atoms with Gasteiger partial charge < -0.3 is 14.4 Å². The number of pyridine rings is 1. The van der Waals surface area contributed by atoms with Crippen molar-refractivity contribution in [3.63, 3.8) is 0 Å². The topological polar surface area (TPSA) is 87.3 Å². The van der Waals surface area contributed by atoms with Crippen LogP contribution in [0.2, 0.25) is 0 Å². The fraction of sp³-hybridized carbons (Fsp3) is 0.389. The Morgan fingerprint density at radius 3 is 2.63 bits per heavy atom. The summed E-state index contributed by atoms with van der Waals surface area (Å²) in [5.41, 5.74) is 1.73. The van der Waals surface area contributed by atoms with Crippen LogP contribution in [0.1, 0.15) is 61.7 Å². The van der Waals surface area contributed by atoms with Crippen LogP contribution in [0.4, 0.5) is 17.6 Å². The highest BCUT2D eigenvalue weighted by atomic mass is 19.3. The molecule has 0 bridgehead atoms. The van der Waals surface area contributed by atoms with E-state index in [2.05, 4.69) is 11.7 Å². The molecule has 4 heterocycles. The van der Waals surface area contributed by atoms with Crippen LogP contribution in [0.15, 0.2) is 60.8 Å². The molecule has 1 aliphatic carbocycles. The van der Waals surface area contributed by atoms with Crippen molar-refractivity contribution in [3.8, 4) is 22.6 Å². The van der Waals surface area contributed by atoms with E-state index in [0.29, 0.717) is 35.1 Å². The van der Waals surface area contributed by atoms with Crippen LogP contribution in [0.3, 0.4) is 0 Å². The third-order valence-electron chi connectivity index (χ3n) is 9.08. The van der Waals surface area contributed by atoms with Crippen molar-refractivity contribution in [2.45, 2.75) is 51.6 Å². The second kappa shape index (κ2) is 13.4. The van der Waals surface area contributed by atoms with Crippen LogP contribution in [0.5, 0.6) is 0 Å². The molecule has 258 valence electrons. The number of ether oxygens (including phenoxy) is 2. The van der Waals surface area contributed by atoms with Crippen LogP contribution < -0.4 is 0 Å². The normalized spacial score (nSPS) is 19.2. The molecule has 0 saturated heterocycles. The zero-order valence-corrected chi connectivity index (χ0v) is 28.1. The van der Waals surface area contributed by atoms with Gasteiger partial charge in [-0.2, -0.15) is 10.2 Å². The number of halogens is 4. The number of aromatic nitrogens is 5. The number of allylic oxidation sites excluding steroid dienone is 3. The van der Waals surface area contributed by atoms with E-state index in [4.69, 9.17) is 19.6 Å². The molecule has 0 spiro atoms. The number of carbonyl (C=O) groups is 1. The van der Waals surface area contributed by atoms with Crippen molar-refractivity contribution < 1.29 is 31.8 Å². The Balaban J connectivity index is 1.67. The van der Waals surface area contributed by atoms with Crippen LogP contribution in [0.25, 0.3) is 39.1 Å². The number of hydrogen-bond acceptors (Lipinski definition) is 6. The van der Waals surface area contributed by atoms with E-state index in [1.165, 1.54) is 13.2 Å². The van der Waals surface area contributed by atoms with Crippen LogP contribution >= 0.6 is 0 Å². The summed E-state index contributed by atoms with van der Waals surface area (Å²) in [6, 6.07) is 6.41. The monoisotopic (exact) mass is 678 g/mol. The van der Waals surface area contributed by atoms with E-state index in [0.717, 1.165) is 12.3 Å². The third-order valence-corrected chi connectivity index (χ3v) is 9.08. The molecule has 0 unspecified atom stereocenters. The predicted octanol–water partition coefficient (Wildman–Crippen LogP) is 7.40. The fourth-order valence-corrected chi connectivity index (χ4v) is 6.79. The molecule has 0 radical (unpaired) electrons. The number of carbonyl (C=O) groups excluding carboxylic acids is 1. The van der Waals surface area contributed by atoms with E-state index >= 15 is 13.2 Å². The van der Waals surface area contributed by atoms with Gasteiger partial charge in [0.15, 0.2) is 0 Å². The molecule has 1 amide bonds. The minimum atomic E-state index is -3.38. The van der Waals surface area contributed by atoms with Gasteiger partial charge in [0.05, 0.1) is 60.3 Å². The molecule has 0 fully saturated rings. The molecule has 49 heavy (non-hydrogen) atoms. The number of alkyl halides is 2. The first-order valence-electron chi connectivity index (χ1n) is 16.1. The molecule has 1 aliphatic heterocycles. The van der Waals surface area contributed by atoms with Gasteiger partial charge in [-0.25, -0.2) is 22.5 Å². The number of fused-ring (bicyclic) bond motifs is 3. The number of aryl methyl sites for hydroxylation is 1. The number of nitrogens with zero attached hydrogens (tertiary/aromatic N) is 6. The molecule has 0 N–H and O–H groups in total. The first-order valence-corrected chi connectivity index (χ1v) is 16.1. The number of rotatable bonds is 10. The predicted molar refractivity (Wildman–Crippen MR) is 178 cm³/mol. The lowest BCUT2D eigenvalue weighted by Gasteiger charge is -2.36. The maximum atomic E-state index is 16.3. The summed E-state index contributed by atoms with van der Waals surface area (Å²) in [7, 11) is 3.26. The number of methoxy groups -OCH3 is 1. The molecule has 2 atom stereocenters. The third kappa shape index (κ3) is 6.32. The van der Waals surface area contributed by atoms with Gasteiger partial charge in [0.1, 0.15) is 11.5 Å². The van der Waals surface area contributed by atoms with Crippen molar-refractivity contribution in [1.29, 1.82) is 0 Å². The summed E-state index contributed by atoms with van der Waals surface area (Å²) >= 11 is 0. The zero-order chi connectivity index (χ0) is 35.2.